The predicted molar refractivity (Wildman–Crippen MR) is 104 cm³/mol. The molecule has 0 bridgehead atoms. The van der Waals surface area contributed by atoms with Crippen LogP contribution in [-0.4, -0.2) is 40.1 Å². The number of hydrogen-bond acceptors (Lipinski definition) is 3. The third-order valence-corrected chi connectivity index (χ3v) is 4.48. The summed E-state index contributed by atoms with van der Waals surface area (Å²) in [6.45, 7) is 8.93. The first-order valence-electron chi connectivity index (χ1n) is 7.60. The van der Waals surface area contributed by atoms with E-state index < -0.39 is 0 Å². The fourth-order valence-corrected chi connectivity index (χ4v) is 2.82. The summed E-state index contributed by atoms with van der Waals surface area (Å²) in [7, 11) is 0. The molecule has 4 nitrogen and oxygen atoms in total. The molecule has 0 radical (unpaired) electrons. The zero-order valence-corrected chi connectivity index (χ0v) is 16.3. The number of nitrogens with one attached hydrogen (secondary N) is 1. The van der Waals surface area contributed by atoms with Gasteiger partial charge in [-0.15, -0.1) is 0 Å². The molecule has 0 aliphatic carbocycles. The fraction of sp³-hybridized carbons (Fsp3) is 0.588. The van der Waals surface area contributed by atoms with Gasteiger partial charge in [-0.25, -0.2) is 0 Å². The molecule has 2 atom stereocenters. The highest BCUT2D eigenvalue weighted by Gasteiger charge is 2.54. The normalized spacial score (nSPS) is 20.3. The molecule has 0 aromatic heterocycles. The Hall–Kier alpha value is -0.690. The van der Waals surface area contributed by atoms with Gasteiger partial charge in [0, 0.05) is 12.6 Å². The van der Waals surface area contributed by atoms with Crippen LogP contribution in [0, 0.1) is 5.92 Å². The minimum atomic E-state index is -0.241. The summed E-state index contributed by atoms with van der Waals surface area (Å²) in [6, 6.07) is 9.76. The first-order chi connectivity index (χ1) is 9.87. The molecule has 1 fully saturated rings. The van der Waals surface area contributed by atoms with Crippen molar-refractivity contribution < 1.29 is 9.90 Å². The van der Waals surface area contributed by atoms with E-state index in [0.717, 1.165) is 5.56 Å². The van der Waals surface area contributed by atoms with E-state index in [-0.39, 0.29) is 57.1 Å². The Morgan fingerprint density at radius 2 is 1.78 bits per heavy atom. The van der Waals surface area contributed by atoms with Crippen molar-refractivity contribution in [3.63, 3.8) is 0 Å². The Morgan fingerprint density at radius 3 is 2.22 bits per heavy atom. The largest absolute Gasteiger partial charge is 0.395 e. The zero-order valence-electron chi connectivity index (χ0n) is 14.3. The Balaban J connectivity index is 0.00000242. The quantitative estimate of drug-likeness (QED) is 0.765. The van der Waals surface area contributed by atoms with Crippen molar-refractivity contribution in [2.45, 2.75) is 51.9 Å². The molecule has 1 amide bonds. The molecule has 1 aromatic carbocycles. The van der Waals surface area contributed by atoms with Gasteiger partial charge in [-0.05, 0) is 25.3 Å². The number of aliphatic hydroxyl groups excluding tert-OH is 1. The number of carbonyl (C=O) groups is 1. The lowest BCUT2D eigenvalue weighted by atomic mass is 9.80. The Labute approximate surface area is 153 Å². The molecular weight excluding hydrogens is 328 g/mol. The number of rotatable bonds is 6. The lowest BCUT2D eigenvalue weighted by molar-refractivity contribution is -0.163. The van der Waals surface area contributed by atoms with Crippen LogP contribution in [-0.2, 0) is 11.3 Å². The highest BCUT2D eigenvalue weighted by molar-refractivity contribution is 7.59. The molecule has 1 aromatic rings. The molecule has 23 heavy (non-hydrogen) atoms. The van der Waals surface area contributed by atoms with Gasteiger partial charge in [-0.2, -0.15) is 27.0 Å². The van der Waals surface area contributed by atoms with Gasteiger partial charge in [0.15, 0.2) is 0 Å². The summed E-state index contributed by atoms with van der Waals surface area (Å²) >= 11 is 0. The molecule has 2 rings (SSSR count). The van der Waals surface area contributed by atoms with Gasteiger partial charge >= 0.3 is 0 Å². The van der Waals surface area contributed by atoms with E-state index in [0.29, 0.717) is 12.5 Å². The average molecular weight is 359 g/mol. The maximum atomic E-state index is 12.4. The lowest BCUT2D eigenvalue weighted by Gasteiger charge is -2.55. The van der Waals surface area contributed by atoms with Gasteiger partial charge in [-0.1, -0.05) is 44.2 Å². The predicted octanol–water partition coefficient (Wildman–Crippen LogP) is 2.01. The standard InChI is InChI=1S/C17H26N2O2.2H2S/c1-12(2)14(11-20)18-15-16(21)19(17(15,3)4)10-13-8-6-5-7-9-13;;/h5-9,12,14-15,18,20H,10-11H2,1-4H3;2*1H2/t14-,15-;;/m1../s1. The van der Waals surface area contributed by atoms with Crippen molar-refractivity contribution >= 4 is 32.9 Å². The second-order valence-corrected chi connectivity index (χ2v) is 6.70. The molecule has 2 N–H and O–H groups in total. The SMILES string of the molecule is CC(C)[C@@H](CO)N[C@@H]1C(=O)N(Cc2ccccc2)C1(C)C.S.S. The van der Waals surface area contributed by atoms with Crippen LogP contribution < -0.4 is 5.32 Å². The second kappa shape index (κ2) is 8.97. The summed E-state index contributed by atoms with van der Waals surface area (Å²) in [5, 5.41) is 12.8. The fourth-order valence-electron chi connectivity index (χ4n) is 2.82. The van der Waals surface area contributed by atoms with Crippen molar-refractivity contribution in [1.29, 1.82) is 0 Å². The van der Waals surface area contributed by atoms with Gasteiger partial charge in [-0.3, -0.25) is 10.1 Å². The van der Waals surface area contributed by atoms with Crippen LogP contribution in [0.15, 0.2) is 30.3 Å². The summed E-state index contributed by atoms with van der Waals surface area (Å²) in [5.41, 5.74) is 0.898. The monoisotopic (exact) mass is 358 g/mol. The average Bonchev–Trinajstić information content (AvgIpc) is 2.45. The zero-order chi connectivity index (χ0) is 15.6. The maximum absolute atomic E-state index is 12.4. The molecule has 0 saturated carbocycles. The van der Waals surface area contributed by atoms with Crippen LogP contribution in [0.1, 0.15) is 33.3 Å². The molecule has 132 valence electrons. The lowest BCUT2D eigenvalue weighted by Crippen LogP contribution is -2.77. The molecule has 1 aliphatic rings. The van der Waals surface area contributed by atoms with E-state index in [1.54, 1.807) is 0 Å². The van der Waals surface area contributed by atoms with Crippen LogP contribution in [0.3, 0.4) is 0 Å². The Kier molecular flexibility index (Phi) is 8.70. The number of nitrogens with zero attached hydrogens (tertiary/aromatic N) is 1. The molecule has 0 unspecified atom stereocenters. The molecule has 1 aliphatic heterocycles. The highest BCUT2D eigenvalue weighted by atomic mass is 32.1. The number of benzene rings is 1. The third kappa shape index (κ3) is 4.66. The van der Waals surface area contributed by atoms with Crippen LogP contribution in [0.4, 0.5) is 0 Å². The minimum absolute atomic E-state index is 0. The highest BCUT2D eigenvalue weighted by Crippen LogP contribution is 2.33. The van der Waals surface area contributed by atoms with Crippen LogP contribution in [0.25, 0.3) is 0 Å². The van der Waals surface area contributed by atoms with Gasteiger partial charge in [0.25, 0.3) is 0 Å². The van der Waals surface area contributed by atoms with E-state index in [4.69, 9.17) is 0 Å². The van der Waals surface area contributed by atoms with E-state index in [9.17, 15) is 9.90 Å². The van der Waals surface area contributed by atoms with Gasteiger partial charge in [0.1, 0.15) is 6.04 Å². The number of β-lactam (4-membered cyclic amide) rings is 1. The van der Waals surface area contributed by atoms with Gasteiger partial charge in [0.2, 0.25) is 5.91 Å². The number of aliphatic hydroxyl groups is 1. The van der Waals surface area contributed by atoms with Crippen molar-refractivity contribution in [3.8, 4) is 0 Å². The minimum Gasteiger partial charge on any atom is -0.395 e. The first kappa shape index (κ1) is 22.3. The van der Waals surface area contributed by atoms with E-state index in [2.05, 4.69) is 19.2 Å². The second-order valence-electron chi connectivity index (χ2n) is 6.70. The number of carbonyl (C=O) groups excluding carboxylic acids is 1. The van der Waals surface area contributed by atoms with E-state index in [1.807, 2.05) is 49.1 Å². The van der Waals surface area contributed by atoms with E-state index in [1.165, 1.54) is 0 Å². The van der Waals surface area contributed by atoms with Crippen LogP contribution >= 0.6 is 27.0 Å². The molecule has 1 saturated heterocycles. The molecule has 0 spiro atoms. The van der Waals surface area contributed by atoms with Gasteiger partial charge in [0.05, 0.1) is 12.1 Å². The smallest absolute Gasteiger partial charge is 0.242 e. The van der Waals surface area contributed by atoms with Crippen LogP contribution in [0.2, 0.25) is 0 Å². The Bertz CT molecular complexity index is 495. The summed E-state index contributed by atoms with van der Waals surface area (Å²) < 4.78 is 0. The molecule has 1 heterocycles. The molecule has 6 heteroatoms. The van der Waals surface area contributed by atoms with Crippen LogP contribution in [0.5, 0.6) is 0 Å². The number of likely N-dealkylation sites (tertiary alicyclic amines) is 1. The maximum Gasteiger partial charge on any atom is 0.242 e. The summed E-state index contributed by atoms with van der Waals surface area (Å²) in [5.74, 6) is 0.407. The number of amides is 1. The number of hydrogen-bond donors (Lipinski definition) is 2. The van der Waals surface area contributed by atoms with Crippen molar-refractivity contribution in [2.24, 2.45) is 5.92 Å². The van der Waals surface area contributed by atoms with E-state index >= 15 is 0 Å². The van der Waals surface area contributed by atoms with Gasteiger partial charge < -0.3 is 10.0 Å². The topological polar surface area (TPSA) is 52.6 Å². The van der Waals surface area contributed by atoms with Crippen molar-refractivity contribution in [1.82, 2.24) is 10.2 Å². The van der Waals surface area contributed by atoms with Crippen molar-refractivity contribution in [2.75, 3.05) is 6.61 Å². The third-order valence-electron chi connectivity index (χ3n) is 4.48. The molecular formula is C17H30N2O2S2. The summed E-state index contributed by atoms with van der Waals surface area (Å²) in [4.78, 5) is 14.3. The summed E-state index contributed by atoms with van der Waals surface area (Å²) in [6.07, 6.45) is 0. The Morgan fingerprint density at radius 1 is 1.22 bits per heavy atom. The first-order valence-corrected chi connectivity index (χ1v) is 7.60. The van der Waals surface area contributed by atoms with Crippen molar-refractivity contribution in [3.05, 3.63) is 35.9 Å².